The zero-order valence-corrected chi connectivity index (χ0v) is 17.3. The standard InChI is InChI=1S/C17H15N3O6S3/c1-27-17(19-11-18)20-14-7-6-13(16(10-14)29(24,25)26)5-2-12-3-8-15(9-4-12)28(21,22)23/h2-10H,1H3,(H,19,20)(H,21,22,23)(H,24,25,26). The van der Waals surface area contributed by atoms with E-state index in [4.69, 9.17) is 9.81 Å². The predicted octanol–water partition coefficient (Wildman–Crippen LogP) is 2.77. The Labute approximate surface area is 172 Å². The first-order valence-electron chi connectivity index (χ1n) is 7.69. The summed E-state index contributed by atoms with van der Waals surface area (Å²) in [6.07, 6.45) is 6.31. The van der Waals surface area contributed by atoms with Crippen molar-refractivity contribution in [1.29, 1.82) is 5.26 Å². The average molecular weight is 454 g/mol. The molecular formula is C17H15N3O6S3. The Morgan fingerprint density at radius 3 is 2.24 bits per heavy atom. The van der Waals surface area contributed by atoms with Crippen LogP contribution in [0.1, 0.15) is 11.1 Å². The summed E-state index contributed by atoms with van der Waals surface area (Å²) in [5.41, 5.74) is 0.910. The molecule has 9 nitrogen and oxygen atoms in total. The van der Waals surface area contributed by atoms with Crippen LogP contribution in [-0.2, 0) is 20.2 Å². The van der Waals surface area contributed by atoms with E-state index in [9.17, 15) is 21.4 Å². The molecule has 2 aromatic rings. The summed E-state index contributed by atoms with van der Waals surface area (Å²) in [6, 6.07) is 9.32. The van der Waals surface area contributed by atoms with Crippen molar-refractivity contribution in [3.05, 3.63) is 53.6 Å². The van der Waals surface area contributed by atoms with Gasteiger partial charge in [0.2, 0.25) is 0 Å². The molecule has 0 bridgehead atoms. The summed E-state index contributed by atoms with van der Waals surface area (Å²) >= 11 is 1.15. The minimum Gasteiger partial charge on any atom is -0.282 e. The summed E-state index contributed by atoms with van der Waals surface area (Å²) in [5, 5.41) is 11.3. The van der Waals surface area contributed by atoms with Crippen molar-refractivity contribution in [3.8, 4) is 6.19 Å². The van der Waals surface area contributed by atoms with E-state index >= 15 is 0 Å². The maximum atomic E-state index is 11.8. The molecule has 152 valence electrons. The summed E-state index contributed by atoms with van der Waals surface area (Å²) in [7, 11) is -8.88. The van der Waals surface area contributed by atoms with Gasteiger partial charge < -0.3 is 0 Å². The van der Waals surface area contributed by atoms with Gasteiger partial charge in [-0.3, -0.25) is 14.4 Å². The van der Waals surface area contributed by atoms with Crippen LogP contribution in [0.2, 0.25) is 0 Å². The molecule has 0 aliphatic carbocycles. The van der Waals surface area contributed by atoms with Crippen LogP contribution in [0.5, 0.6) is 0 Å². The van der Waals surface area contributed by atoms with Crippen LogP contribution < -0.4 is 5.32 Å². The highest BCUT2D eigenvalue weighted by molar-refractivity contribution is 8.13. The van der Waals surface area contributed by atoms with Gasteiger partial charge in [-0.2, -0.15) is 22.1 Å². The molecule has 0 saturated carbocycles. The lowest BCUT2D eigenvalue weighted by Crippen LogP contribution is -2.12. The smallest absolute Gasteiger partial charge is 0.282 e. The highest BCUT2D eigenvalue weighted by Gasteiger charge is 2.15. The number of aliphatic imine (C=N–C) groups is 1. The molecule has 0 aliphatic heterocycles. The SMILES string of the molecule is CSC(=Nc1ccc(C=Cc2ccc(S(=O)(=O)O)cc2)c(S(=O)(=O)O)c1)NC#N. The van der Waals surface area contributed by atoms with Crippen molar-refractivity contribution < 1.29 is 25.9 Å². The third-order valence-corrected chi connectivity index (χ3v) is 5.85. The fourth-order valence-electron chi connectivity index (χ4n) is 2.18. The first-order chi connectivity index (χ1) is 13.5. The van der Waals surface area contributed by atoms with Crippen LogP contribution in [0.25, 0.3) is 12.2 Å². The number of nitriles is 1. The molecule has 0 aromatic heterocycles. The van der Waals surface area contributed by atoms with Crippen molar-refractivity contribution in [2.24, 2.45) is 4.99 Å². The Morgan fingerprint density at radius 2 is 1.72 bits per heavy atom. The zero-order valence-electron chi connectivity index (χ0n) is 14.8. The number of nitrogens with one attached hydrogen (secondary N) is 1. The Bertz CT molecular complexity index is 1210. The van der Waals surface area contributed by atoms with Crippen molar-refractivity contribution in [2.45, 2.75) is 9.79 Å². The summed E-state index contributed by atoms with van der Waals surface area (Å²) < 4.78 is 64.1. The fourth-order valence-corrected chi connectivity index (χ4v) is 3.71. The molecule has 0 spiro atoms. The number of thioether (sulfide) groups is 1. The summed E-state index contributed by atoms with van der Waals surface area (Å²) in [5.74, 6) is 0. The summed E-state index contributed by atoms with van der Waals surface area (Å²) in [6.45, 7) is 0. The van der Waals surface area contributed by atoms with E-state index in [2.05, 4.69) is 10.3 Å². The van der Waals surface area contributed by atoms with Crippen molar-refractivity contribution in [3.63, 3.8) is 0 Å². The molecule has 29 heavy (non-hydrogen) atoms. The van der Waals surface area contributed by atoms with E-state index in [0.29, 0.717) is 5.56 Å². The van der Waals surface area contributed by atoms with E-state index in [-0.39, 0.29) is 26.2 Å². The highest BCUT2D eigenvalue weighted by atomic mass is 32.2. The van der Waals surface area contributed by atoms with E-state index in [0.717, 1.165) is 17.8 Å². The number of hydrogen-bond acceptors (Lipinski definition) is 7. The maximum Gasteiger partial charge on any atom is 0.295 e. The number of benzene rings is 2. The monoisotopic (exact) mass is 453 g/mol. The molecule has 0 saturated heterocycles. The fraction of sp³-hybridized carbons (Fsp3) is 0.0588. The lowest BCUT2D eigenvalue weighted by Gasteiger charge is -2.06. The van der Waals surface area contributed by atoms with E-state index in [1.54, 1.807) is 12.4 Å². The first-order valence-corrected chi connectivity index (χ1v) is 11.8. The van der Waals surface area contributed by atoms with Crippen molar-refractivity contribution in [2.75, 3.05) is 6.26 Å². The van der Waals surface area contributed by atoms with Gasteiger partial charge in [0, 0.05) is 0 Å². The molecule has 0 unspecified atom stereocenters. The number of rotatable bonds is 5. The number of hydrogen-bond donors (Lipinski definition) is 3. The number of nitrogens with zero attached hydrogens (tertiary/aromatic N) is 2. The lowest BCUT2D eigenvalue weighted by atomic mass is 10.1. The third-order valence-electron chi connectivity index (χ3n) is 3.50. The first kappa shape index (κ1) is 22.6. The third kappa shape index (κ3) is 6.41. The molecule has 0 aliphatic rings. The van der Waals surface area contributed by atoms with Gasteiger partial charge in [0.25, 0.3) is 20.2 Å². The Kier molecular flexibility index (Phi) is 7.17. The molecule has 0 radical (unpaired) electrons. The topological polar surface area (TPSA) is 157 Å². The van der Waals surface area contributed by atoms with Gasteiger partial charge >= 0.3 is 0 Å². The van der Waals surface area contributed by atoms with E-state index in [1.165, 1.54) is 48.6 Å². The molecule has 0 atom stereocenters. The highest BCUT2D eigenvalue weighted by Crippen LogP contribution is 2.25. The largest absolute Gasteiger partial charge is 0.295 e. The second-order valence-corrected chi connectivity index (χ2v) is 9.04. The minimum absolute atomic E-state index is 0.171. The second kappa shape index (κ2) is 9.21. The molecule has 3 N–H and O–H groups in total. The van der Waals surface area contributed by atoms with Crippen molar-refractivity contribution >= 4 is 55.0 Å². The number of amidine groups is 1. The van der Waals surface area contributed by atoms with E-state index < -0.39 is 20.2 Å². The lowest BCUT2D eigenvalue weighted by molar-refractivity contribution is 0.481. The van der Waals surface area contributed by atoms with Gasteiger partial charge in [-0.05, 0) is 41.6 Å². The van der Waals surface area contributed by atoms with E-state index in [1.807, 2.05) is 0 Å². The van der Waals surface area contributed by atoms with Gasteiger partial charge in [0.15, 0.2) is 11.4 Å². The predicted molar refractivity (Wildman–Crippen MR) is 111 cm³/mol. The molecule has 0 fully saturated rings. The average Bonchev–Trinajstić information content (AvgIpc) is 2.65. The van der Waals surface area contributed by atoms with Crippen LogP contribution in [0, 0.1) is 11.5 Å². The zero-order chi connectivity index (χ0) is 21.7. The van der Waals surface area contributed by atoms with Crippen molar-refractivity contribution in [1.82, 2.24) is 5.32 Å². The van der Waals surface area contributed by atoms with Gasteiger partial charge in [0.1, 0.15) is 4.90 Å². The normalized spacial score (nSPS) is 12.7. The molecule has 2 aromatic carbocycles. The van der Waals surface area contributed by atoms with Gasteiger partial charge in [0.05, 0.1) is 10.6 Å². The van der Waals surface area contributed by atoms with Gasteiger partial charge in [-0.25, -0.2) is 4.99 Å². The van der Waals surface area contributed by atoms with Crippen LogP contribution in [-0.4, -0.2) is 37.4 Å². The molecule has 0 heterocycles. The molecule has 2 rings (SSSR count). The Balaban J connectivity index is 2.42. The van der Waals surface area contributed by atoms with Crippen LogP contribution >= 0.6 is 11.8 Å². The Morgan fingerprint density at radius 1 is 1.07 bits per heavy atom. The minimum atomic E-state index is -4.57. The quantitative estimate of drug-likeness (QED) is 0.155. The summed E-state index contributed by atoms with van der Waals surface area (Å²) in [4.78, 5) is 3.44. The Hall–Kier alpha value is -2.69. The van der Waals surface area contributed by atoms with Gasteiger partial charge in [-0.15, -0.1) is 0 Å². The van der Waals surface area contributed by atoms with Crippen LogP contribution in [0.4, 0.5) is 5.69 Å². The maximum absolute atomic E-state index is 11.8. The van der Waals surface area contributed by atoms with Gasteiger partial charge in [-0.1, -0.05) is 42.1 Å². The molecule has 12 heteroatoms. The molecular weight excluding hydrogens is 438 g/mol. The second-order valence-electron chi connectivity index (χ2n) is 5.43. The van der Waals surface area contributed by atoms with Crippen LogP contribution in [0.3, 0.4) is 0 Å². The molecule has 0 amide bonds. The van der Waals surface area contributed by atoms with Crippen LogP contribution in [0.15, 0.2) is 57.2 Å².